The number of hydrogen-bond acceptors (Lipinski definition) is 3. The Morgan fingerprint density at radius 1 is 1.56 bits per heavy atom. The van der Waals surface area contributed by atoms with E-state index in [9.17, 15) is 9.90 Å². The summed E-state index contributed by atoms with van der Waals surface area (Å²) in [5, 5.41) is 13.9. The van der Waals surface area contributed by atoms with E-state index >= 15 is 0 Å². The standard InChI is InChI=1S/C12H14ClN3O2/c13-8-1-2-9-7(5-16-10(9)3-8)4-15-6-11(17)12(14)18/h1-3,5,11,15-17H,4,6H2,(H2,14,18). The van der Waals surface area contributed by atoms with Crippen molar-refractivity contribution in [3.05, 3.63) is 35.0 Å². The lowest BCUT2D eigenvalue weighted by molar-refractivity contribution is -0.125. The van der Waals surface area contributed by atoms with Crippen LogP contribution in [0.1, 0.15) is 5.56 Å². The van der Waals surface area contributed by atoms with E-state index < -0.39 is 12.0 Å². The highest BCUT2D eigenvalue weighted by molar-refractivity contribution is 6.31. The molecule has 0 fully saturated rings. The molecule has 18 heavy (non-hydrogen) atoms. The normalized spacial score (nSPS) is 12.8. The Morgan fingerprint density at radius 2 is 2.33 bits per heavy atom. The van der Waals surface area contributed by atoms with Gasteiger partial charge in [-0.3, -0.25) is 4.79 Å². The Labute approximate surface area is 109 Å². The van der Waals surface area contributed by atoms with Gasteiger partial charge in [0.15, 0.2) is 0 Å². The number of hydrogen-bond donors (Lipinski definition) is 4. The van der Waals surface area contributed by atoms with E-state index in [0.29, 0.717) is 11.6 Å². The molecule has 0 radical (unpaired) electrons. The molecule has 1 amide bonds. The predicted octanol–water partition coefficient (Wildman–Crippen LogP) is 0.757. The van der Waals surface area contributed by atoms with E-state index in [0.717, 1.165) is 16.5 Å². The van der Waals surface area contributed by atoms with Crippen molar-refractivity contribution < 1.29 is 9.90 Å². The molecule has 0 spiro atoms. The maximum absolute atomic E-state index is 10.7. The molecule has 0 aliphatic rings. The Balaban J connectivity index is 2.02. The molecule has 5 nitrogen and oxygen atoms in total. The van der Waals surface area contributed by atoms with Crippen LogP contribution in [0.15, 0.2) is 24.4 Å². The van der Waals surface area contributed by atoms with Gasteiger partial charge in [-0.25, -0.2) is 0 Å². The van der Waals surface area contributed by atoms with Gasteiger partial charge in [-0.15, -0.1) is 0 Å². The average molecular weight is 268 g/mol. The molecule has 2 rings (SSSR count). The zero-order valence-corrected chi connectivity index (χ0v) is 10.4. The number of halogens is 1. The van der Waals surface area contributed by atoms with Crippen molar-refractivity contribution in [3.8, 4) is 0 Å². The van der Waals surface area contributed by atoms with Crippen LogP contribution < -0.4 is 11.1 Å². The van der Waals surface area contributed by atoms with Crippen LogP contribution in [0.3, 0.4) is 0 Å². The molecule has 0 bridgehead atoms. The molecule has 1 atom stereocenters. The number of benzene rings is 1. The summed E-state index contributed by atoms with van der Waals surface area (Å²) in [7, 11) is 0. The van der Waals surface area contributed by atoms with Gasteiger partial charge in [0.2, 0.25) is 5.91 Å². The highest BCUT2D eigenvalue weighted by atomic mass is 35.5. The third-order valence-electron chi connectivity index (χ3n) is 2.71. The first-order valence-electron chi connectivity index (χ1n) is 5.51. The minimum atomic E-state index is -1.16. The average Bonchev–Trinajstić information content (AvgIpc) is 2.71. The molecule has 6 heteroatoms. The number of nitrogens with one attached hydrogen (secondary N) is 2. The molecular weight excluding hydrogens is 254 g/mol. The smallest absolute Gasteiger partial charge is 0.247 e. The number of amides is 1. The van der Waals surface area contributed by atoms with Gasteiger partial charge in [-0.1, -0.05) is 17.7 Å². The topological polar surface area (TPSA) is 91.1 Å². The first kappa shape index (κ1) is 12.9. The van der Waals surface area contributed by atoms with E-state index in [1.54, 1.807) is 0 Å². The van der Waals surface area contributed by atoms with Crippen LogP contribution in [-0.4, -0.2) is 28.6 Å². The van der Waals surface area contributed by atoms with Gasteiger partial charge in [-0.2, -0.15) is 0 Å². The summed E-state index contributed by atoms with van der Waals surface area (Å²) < 4.78 is 0. The number of aliphatic hydroxyl groups is 1. The van der Waals surface area contributed by atoms with Gasteiger partial charge in [0.05, 0.1) is 0 Å². The highest BCUT2D eigenvalue weighted by Crippen LogP contribution is 2.21. The predicted molar refractivity (Wildman–Crippen MR) is 70.2 cm³/mol. The van der Waals surface area contributed by atoms with E-state index in [1.165, 1.54) is 0 Å². The summed E-state index contributed by atoms with van der Waals surface area (Å²) in [6, 6.07) is 5.59. The van der Waals surface area contributed by atoms with Crippen molar-refractivity contribution in [2.75, 3.05) is 6.54 Å². The van der Waals surface area contributed by atoms with E-state index in [1.807, 2.05) is 24.4 Å². The van der Waals surface area contributed by atoms with Gasteiger partial charge in [-0.05, 0) is 17.7 Å². The maximum atomic E-state index is 10.7. The van der Waals surface area contributed by atoms with E-state index in [-0.39, 0.29) is 6.54 Å². The highest BCUT2D eigenvalue weighted by Gasteiger charge is 2.10. The fourth-order valence-corrected chi connectivity index (χ4v) is 1.92. The monoisotopic (exact) mass is 267 g/mol. The van der Waals surface area contributed by atoms with Crippen LogP contribution in [0.5, 0.6) is 0 Å². The number of aromatic nitrogens is 1. The number of H-pyrrole nitrogens is 1. The number of aliphatic hydroxyl groups excluding tert-OH is 1. The van der Waals surface area contributed by atoms with Crippen molar-refractivity contribution in [2.45, 2.75) is 12.6 Å². The summed E-state index contributed by atoms with van der Waals surface area (Å²) >= 11 is 5.89. The Hall–Kier alpha value is -1.56. The molecule has 1 aromatic heterocycles. The molecule has 1 unspecified atom stereocenters. The second-order valence-electron chi connectivity index (χ2n) is 4.05. The lowest BCUT2D eigenvalue weighted by atomic mass is 10.2. The molecule has 5 N–H and O–H groups in total. The number of carbonyl (C=O) groups excluding carboxylic acids is 1. The summed E-state index contributed by atoms with van der Waals surface area (Å²) in [5.41, 5.74) is 6.95. The summed E-state index contributed by atoms with van der Waals surface area (Å²) in [4.78, 5) is 13.8. The Morgan fingerprint density at radius 3 is 3.06 bits per heavy atom. The SMILES string of the molecule is NC(=O)C(O)CNCc1c[nH]c2cc(Cl)ccc12. The number of fused-ring (bicyclic) bond motifs is 1. The molecule has 0 aliphatic heterocycles. The van der Waals surface area contributed by atoms with Gasteiger partial charge >= 0.3 is 0 Å². The number of primary amides is 1. The Bertz CT molecular complexity index is 567. The van der Waals surface area contributed by atoms with Crippen LogP contribution in [0.25, 0.3) is 10.9 Å². The third-order valence-corrected chi connectivity index (χ3v) is 2.95. The van der Waals surface area contributed by atoms with Gasteiger partial charge < -0.3 is 21.1 Å². The zero-order chi connectivity index (χ0) is 13.1. The van der Waals surface area contributed by atoms with E-state index in [4.69, 9.17) is 17.3 Å². The first-order valence-corrected chi connectivity index (χ1v) is 5.89. The summed E-state index contributed by atoms with van der Waals surface area (Å²) in [6.07, 6.45) is 0.703. The number of rotatable bonds is 5. The fourth-order valence-electron chi connectivity index (χ4n) is 1.75. The van der Waals surface area contributed by atoms with Crippen molar-refractivity contribution in [1.29, 1.82) is 0 Å². The Kier molecular flexibility index (Phi) is 3.86. The minimum absolute atomic E-state index is 0.135. The molecule has 0 aliphatic carbocycles. The van der Waals surface area contributed by atoms with E-state index in [2.05, 4.69) is 10.3 Å². The van der Waals surface area contributed by atoms with Crippen molar-refractivity contribution >= 4 is 28.4 Å². The molecule has 2 aromatic rings. The maximum Gasteiger partial charge on any atom is 0.247 e. The number of nitrogens with two attached hydrogens (primary N) is 1. The van der Waals surface area contributed by atoms with Crippen LogP contribution in [0, 0.1) is 0 Å². The number of aromatic amines is 1. The molecule has 1 aromatic carbocycles. The second kappa shape index (κ2) is 5.39. The van der Waals surface area contributed by atoms with Gasteiger partial charge in [0.25, 0.3) is 0 Å². The fraction of sp³-hybridized carbons (Fsp3) is 0.250. The van der Waals surface area contributed by atoms with Crippen LogP contribution in [0.4, 0.5) is 0 Å². The van der Waals surface area contributed by atoms with Crippen LogP contribution in [0.2, 0.25) is 5.02 Å². The van der Waals surface area contributed by atoms with Crippen LogP contribution in [-0.2, 0) is 11.3 Å². The summed E-state index contributed by atoms with van der Waals surface area (Å²) in [5.74, 6) is -0.729. The van der Waals surface area contributed by atoms with Crippen molar-refractivity contribution in [3.63, 3.8) is 0 Å². The first-order chi connectivity index (χ1) is 8.58. The largest absolute Gasteiger partial charge is 0.382 e. The molecule has 1 heterocycles. The van der Waals surface area contributed by atoms with Crippen molar-refractivity contribution in [1.82, 2.24) is 10.3 Å². The van der Waals surface area contributed by atoms with Gasteiger partial charge in [0, 0.05) is 35.2 Å². The third kappa shape index (κ3) is 2.81. The minimum Gasteiger partial charge on any atom is -0.382 e. The van der Waals surface area contributed by atoms with Crippen molar-refractivity contribution in [2.24, 2.45) is 5.73 Å². The second-order valence-corrected chi connectivity index (χ2v) is 4.49. The zero-order valence-electron chi connectivity index (χ0n) is 9.61. The van der Waals surface area contributed by atoms with Crippen LogP contribution >= 0.6 is 11.6 Å². The summed E-state index contributed by atoms with van der Waals surface area (Å²) in [6.45, 7) is 0.668. The quantitative estimate of drug-likeness (QED) is 0.644. The lowest BCUT2D eigenvalue weighted by Gasteiger charge is -2.07. The molecule has 96 valence electrons. The molecular formula is C12H14ClN3O2. The lowest BCUT2D eigenvalue weighted by Crippen LogP contribution is -2.37. The number of carbonyl (C=O) groups is 1. The molecule has 0 saturated carbocycles. The van der Waals surface area contributed by atoms with Gasteiger partial charge in [0.1, 0.15) is 6.10 Å². The molecule has 0 saturated heterocycles.